The van der Waals surface area contributed by atoms with Crippen LogP contribution >= 0.6 is 23.4 Å². The monoisotopic (exact) mass is 468 g/mol. The number of amides is 2. The number of hydrogen-bond acceptors (Lipinski definition) is 4. The van der Waals surface area contributed by atoms with Crippen LogP contribution in [0.4, 0.5) is 4.39 Å². The normalized spacial score (nSPS) is 10.8. The number of fused-ring (bicyclic) bond motifs is 1. The summed E-state index contributed by atoms with van der Waals surface area (Å²) in [6.45, 7) is 0.576. The second-order valence-electron chi connectivity index (χ2n) is 6.87. The van der Waals surface area contributed by atoms with Gasteiger partial charge in [-0.1, -0.05) is 65.8 Å². The van der Waals surface area contributed by atoms with Crippen LogP contribution in [0.15, 0.2) is 78.0 Å². The third-order valence-electron chi connectivity index (χ3n) is 4.63. The summed E-state index contributed by atoms with van der Waals surface area (Å²) < 4.78 is 15.7. The molecular weight excluding hydrogens is 451 g/mol. The van der Waals surface area contributed by atoms with Gasteiger partial charge in [0.15, 0.2) is 5.16 Å². The van der Waals surface area contributed by atoms with Crippen LogP contribution in [0.5, 0.6) is 0 Å². The van der Waals surface area contributed by atoms with Gasteiger partial charge in [-0.05, 0) is 35.9 Å². The van der Waals surface area contributed by atoms with Gasteiger partial charge in [-0.15, -0.1) is 0 Å². The first-order valence-electron chi connectivity index (χ1n) is 9.67. The molecule has 1 heterocycles. The second kappa shape index (κ2) is 9.84. The van der Waals surface area contributed by atoms with E-state index in [-0.39, 0.29) is 11.3 Å². The number of aromatic nitrogens is 2. The molecule has 0 saturated carbocycles. The fourth-order valence-electron chi connectivity index (χ4n) is 3.12. The number of thioether (sulfide) groups is 1. The van der Waals surface area contributed by atoms with Gasteiger partial charge in [-0.3, -0.25) is 20.4 Å². The molecule has 2 amide bonds. The number of nitrogens with zero attached hydrogens (tertiary/aromatic N) is 2. The number of rotatable bonds is 6. The molecule has 0 unspecified atom stereocenters. The van der Waals surface area contributed by atoms with Crippen molar-refractivity contribution in [1.29, 1.82) is 0 Å². The van der Waals surface area contributed by atoms with E-state index in [1.807, 2.05) is 41.0 Å². The number of hydrazine groups is 1. The first kappa shape index (κ1) is 21.9. The molecule has 32 heavy (non-hydrogen) atoms. The van der Waals surface area contributed by atoms with Crippen molar-refractivity contribution in [3.8, 4) is 0 Å². The molecule has 0 radical (unpaired) electrons. The molecule has 0 aliphatic carbocycles. The maximum Gasteiger partial charge on any atom is 0.272 e. The van der Waals surface area contributed by atoms with Gasteiger partial charge >= 0.3 is 0 Å². The van der Waals surface area contributed by atoms with Crippen molar-refractivity contribution < 1.29 is 14.0 Å². The quantitative estimate of drug-likeness (QED) is 0.324. The average molecular weight is 469 g/mol. The summed E-state index contributed by atoms with van der Waals surface area (Å²) in [5, 5.41) is 1.22. The van der Waals surface area contributed by atoms with E-state index in [2.05, 4.69) is 15.8 Å². The molecule has 6 nitrogen and oxygen atoms in total. The van der Waals surface area contributed by atoms with Crippen LogP contribution in [0.25, 0.3) is 11.0 Å². The van der Waals surface area contributed by atoms with Crippen molar-refractivity contribution >= 4 is 46.2 Å². The summed E-state index contributed by atoms with van der Waals surface area (Å²) in [5.41, 5.74) is 7.09. The van der Waals surface area contributed by atoms with E-state index in [9.17, 15) is 14.0 Å². The lowest BCUT2D eigenvalue weighted by Gasteiger charge is -2.10. The summed E-state index contributed by atoms with van der Waals surface area (Å²) in [6.07, 6.45) is 0. The van der Waals surface area contributed by atoms with Gasteiger partial charge < -0.3 is 4.57 Å². The Hall–Kier alpha value is -3.36. The molecular formula is C23H18ClFN4O2S. The molecule has 3 aromatic carbocycles. The van der Waals surface area contributed by atoms with E-state index in [1.54, 1.807) is 18.2 Å². The van der Waals surface area contributed by atoms with Crippen LogP contribution in [0.3, 0.4) is 0 Å². The second-order valence-corrected chi connectivity index (χ2v) is 8.25. The lowest BCUT2D eigenvalue weighted by Crippen LogP contribution is -2.42. The van der Waals surface area contributed by atoms with E-state index >= 15 is 0 Å². The van der Waals surface area contributed by atoms with Crippen LogP contribution in [0, 0.1) is 5.82 Å². The molecule has 0 saturated heterocycles. The zero-order valence-corrected chi connectivity index (χ0v) is 18.3. The molecule has 9 heteroatoms. The maximum atomic E-state index is 13.7. The van der Waals surface area contributed by atoms with E-state index in [4.69, 9.17) is 11.6 Å². The molecule has 0 atom stereocenters. The Morgan fingerprint density at radius 3 is 2.53 bits per heavy atom. The average Bonchev–Trinajstić information content (AvgIpc) is 3.13. The minimum atomic E-state index is -0.729. The van der Waals surface area contributed by atoms with Gasteiger partial charge in [0.2, 0.25) is 5.91 Å². The standard InChI is InChI=1S/C23H18ClFN4O2S/c24-16-10-11-20-19(12-16)26-23(29(20)13-15-6-2-1-3-7-15)32-14-21(30)27-28-22(31)17-8-4-5-9-18(17)25/h1-12H,13-14H2,(H,27,30)(H,28,31). The zero-order valence-electron chi connectivity index (χ0n) is 16.7. The number of benzene rings is 3. The minimum Gasteiger partial charge on any atom is -0.314 e. The number of nitrogens with one attached hydrogen (secondary N) is 2. The molecule has 1 aromatic heterocycles. The summed E-state index contributed by atoms with van der Waals surface area (Å²) in [5.74, 6) is -1.84. The molecule has 0 spiro atoms. The maximum absolute atomic E-state index is 13.7. The first-order chi connectivity index (χ1) is 15.5. The highest BCUT2D eigenvalue weighted by atomic mass is 35.5. The molecule has 4 rings (SSSR count). The summed E-state index contributed by atoms with van der Waals surface area (Å²) in [7, 11) is 0. The highest BCUT2D eigenvalue weighted by Crippen LogP contribution is 2.27. The van der Waals surface area contributed by atoms with Gasteiger partial charge in [-0.2, -0.15) is 0 Å². The number of halogens is 2. The zero-order chi connectivity index (χ0) is 22.5. The summed E-state index contributed by atoms with van der Waals surface area (Å²) >= 11 is 7.34. The molecule has 162 valence electrons. The predicted molar refractivity (Wildman–Crippen MR) is 123 cm³/mol. The Balaban J connectivity index is 1.45. The first-order valence-corrected chi connectivity index (χ1v) is 11.0. The number of carbonyl (C=O) groups is 2. The van der Waals surface area contributed by atoms with Crippen molar-refractivity contribution in [2.75, 3.05) is 5.75 Å². The fourth-order valence-corrected chi connectivity index (χ4v) is 4.10. The molecule has 0 fully saturated rings. The Bertz CT molecular complexity index is 1280. The largest absolute Gasteiger partial charge is 0.314 e. The van der Waals surface area contributed by atoms with Gasteiger partial charge in [0.1, 0.15) is 5.82 Å². The molecule has 2 N–H and O–H groups in total. The van der Waals surface area contributed by atoms with Crippen molar-refractivity contribution in [2.24, 2.45) is 0 Å². The summed E-state index contributed by atoms with van der Waals surface area (Å²) in [6, 6.07) is 20.9. The Morgan fingerprint density at radius 1 is 1.00 bits per heavy atom. The van der Waals surface area contributed by atoms with E-state index in [0.717, 1.165) is 16.6 Å². The predicted octanol–water partition coefficient (Wildman–Crippen LogP) is 4.43. The summed E-state index contributed by atoms with van der Waals surface area (Å²) in [4.78, 5) is 28.9. The van der Waals surface area contributed by atoms with Crippen LogP contribution in [0.2, 0.25) is 5.02 Å². The molecule has 4 aromatic rings. The van der Waals surface area contributed by atoms with Gasteiger partial charge in [-0.25, -0.2) is 9.37 Å². The third kappa shape index (κ3) is 5.09. The minimum absolute atomic E-state index is 0.00337. The Kier molecular flexibility index (Phi) is 6.72. The van der Waals surface area contributed by atoms with Crippen molar-refractivity contribution in [1.82, 2.24) is 20.4 Å². The number of imidazole rings is 1. The van der Waals surface area contributed by atoms with E-state index in [0.29, 0.717) is 16.7 Å². The van der Waals surface area contributed by atoms with Crippen LogP contribution < -0.4 is 10.9 Å². The van der Waals surface area contributed by atoms with Crippen LogP contribution in [-0.2, 0) is 11.3 Å². The number of hydrogen-bond donors (Lipinski definition) is 2. The molecule has 0 bridgehead atoms. The SMILES string of the molecule is O=C(CSc1nc2cc(Cl)ccc2n1Cc1ccccc1)NNC(=O)c1ccccc1F. The van der Waals surface area contributed by atoms with Gasteiger partial charge in [0, 0.05) is 5.02 Å². The lowest BCUT2D eigenvalue weighted by atomic mass is 10.2. The smallest absolute Gasteiger partial charge is 0.272 e. The van der Waals surface area contributed by atoms with E-state index < -0.39 is 17.6 Å². The van der Waals surface area contributed by atoms with Crippen molar-refractivity contribution in [3.63, 3.8) is 0 Å². The fraction of sp³-hybridized carbons (Fsp3) is 0.0870. The highest BCUT2D eigenvalue weighted by Gasteiger charge is 2.15. The van der Waals surface area contributed by atoms with Crippen LogP contribution in [0.1, 0.15) is 15.9 Å². The van der Waals surface area contributed by atoms with Gasteiger partial charge in [0.25, 0.3) is 5.91 Å². The molecule has 0 aliphatic rings. The number of carbonyl (C=O) groups excluding carboxylic acids is 2. The van der Waals surface area contributed by atoms with Crippen molar-refractivity contribution in [2.45, 2.75) is 11.7 Å². The van der Waals surface area contributed by atoms with Gasteiger partial charge in [0.05, 0.1) is 28.9 Å². The van der Waals surface area contributed by atoms with Crippen molar-refractivity contribution in [3.05, 3.63) is 94.8 Å². The lowest BCUT2D eigenvalue weighted by molar-refractivity contribution is -0.119. The van der Waals surface area contributed by atoms with Crippen LogP contribution in [-0.4, -0.2) is 27.1 Å². The molecule has 0 aliphatic heterocycles. The Morgan fingerprint density at radius 2 is 1.75 bits per heavy atom. The Labute approximate surface area is 192 Å². The third-order valence-corrected chi connectivity index (χ3v) is 5.84. The van der Waals surface area contributed by atoms with E-state index in [1.165, 1.54) is 30.0 Å². The highest BCUT2D eigenvalue weighted by molar-refractivity contribution is 7.99. The topological polar surface area (TPSA) is 76.0 Å².